The largest absolute Gasteiger partial charge is 0.322 e. The van der Waals surface area contributed by atoms with Crippen molar-refractivity contribution in [1.29, 1.82) is 0 Å². The number of sulfonamides is 1. The lowest BCUT2D eigenvalue weighted by molar-refractivity contribution is -0.385. The molecule has 0 fully saturated rings. The third-order valence-electron chi connectivity index (χ3n) is 3.53. The van der Waals surface area contributed by atoms with Gasteiger partial charge in [0.1, 0.15) is 0 Å². The number of rotatable bonds is 5. The van der Waals surface area contributed by atoms with Gasteiger partial charge in [-0.3, -0.25) is 14.9 Å². The van der Waals surface area contributed by atoms with Crippen LogP contribution < -0.4 is 5.32 Å². The molecule has 0 unspecified atom stereocenters. The van der Waals surface area contributed by atoms with Crippen LogP contribution in [-0.4, -0.2) is 37.6 Å². The van der Waals surface area contributed by atoms with Crippen molar-refractivity contribution in [3.8, 4) is 0 Å². The molecule has 1 N–H and O–H groups in total. The lowest BCUT2D eigenvalue weighted by Gasteiger charge is -2.12. The van der Waals surface area contributed by atoms with Gasteiger partial charge >= 0.3 is 0 Å². The first-order valence-electron chi connectivity index (χ1n) is 7.22. The zero-order valence-corrected chi connectivity index (χ0v) is 14.7. The Morgan fingerprint density at radius 3 is 2.40 bits per heavy atom. The van der Waals surface area contributed by atoms with E-state index < -0.39 is 20.9 Å². The van der Waals surface area contributed by atoms with E-state index in [1.165, 1.54) is 50.5 Å². The Morgan fingerprint density at radius 2 is 1.84 bits per heavy atom. The van der Waals surface area contributed by atoms with Crippen molar-refractivity contribution in [3.05, 3.63) is 63.7 Å². The number of hydrogen-bond acceptors (Lipinski definition) is 5. The smallest absolute Gasteiger partial charge is 0.272 e. The number of carbonyl (C=O) groups excluding carboxylic acids is 1. The Bertz CT molecular complexity index is 939. The van der Waals surface area contributed by atoms with Crippen LogP contribution in [0.3, 0.4) is 0 Å². The first-order valence-corrected chi connectivity index (χ1v) is 8.66. The number of nitro benzene ring substituents is 1. The number of carbonyl (C=O) groups is 1. The summed E-state index contributed by atoms with van der Waals surface area (Å²) in [5.74, 6) is -0.489. The number of aryl methyl sites for hydroxylation is 1. The zero-order chi connectivity index (χ0) is 18.8. The molecule has 8 nitrogen and oxygen atoms in total. The number of benzene rings is 2. The minimum Gasteiger partial charge on any atom is -0.322 e. The Morgan fingerprint density at radius 1 is 1.16 bits per heavy atom. The summed E-state index contributed by atoms with van der Waals surface area (Å²) in [6, 6.07) is 9.89. The monoisotopic (exact) mass is 363 g/mol. The molecule has 9 heteroatoms. The first kappa shape index (κ1) is 18.6. The molecule has 0 radical (unpaired) electrons. The van der Waals surface area contributed by atoms with Gasteiger partial charge in [0.25, 0.3) is 11.6 Å². The highest BCUT2D eigenvalue weighted by Crippen LogP contribution is 2.21. The topological polar surface area (TPSA) is 110 Å². The summed E-state index contributed by atoms with van der Waals surface area (Å²) in [5, 5.41) is 13.4. The fourth-order valence-electron chi connectivity index (χ4n) is 2.15. The van der Waals surface area contributed by atoms with Gasteiger partial charge < -0.3 is 5.32 Å². The van der Waals surface area contributed by atoms with Crippen LogP contribution in [0.2, 0.25) is 0 Å². The summed E-state index contributed by atoms with van der Waals surface area (Å²) < 4.78 is 25.3. The summed E-state index contributed by atoms with van der Waals surface area (Å²) in [6.07, 6.45) is 0. The van der Waals surface area contributed by atoms with Crippen molar-refractivity contribution in [2.75, 3.05) is 19.4 Å². The van der Waals surface area contributed by atoms with Crippen molar-refractivity contribution in [3.63, 3.8) is 0 Å². The third-order valence-corrected chi connectivity index (χ3v) is 5.34. The highest BCUT2D eigenvalue weighted by Gasteiger charge is 2.18. The van der Waals surface area contributed by atoms with E-state index in [2.05, 4.69) is 5.32 Å². The quantitative estimate of drug-likeness (QED) is 0.648. The molecule has 0 saturated carbocycles. The molecule has 0 aromatic heterocycles. The van der Waals surface area contributed by atoms with Crippen LogP contribution in [0.15, 0.2) is 47.4 Å². The number of hydrogen-bond donors (Lipinski definition) is 1. The van der Waals surface area contributed by atoms with Gasteiger partial charge in [0, 0.05) is 37.0 Å². The second-order valence-electron chi connectivity index (χ2n) is 5.53. The van der Waals surface area contributed by atoms with E-state index in [-0.39, 0.29) is 16.1 Å². The molecule has 0 heterocycles. The number of anilines is 1. The maximum Gasteiger partial charge on any atom is 0.272 e. The molecule has 2 aromatic rings. The van der Waals surface area contributed by atoms with Gasteiger partial charge in [0.2, 0.25) is 10.0 Å². The summed E-state index contributed by atoms with van der Waals surface area (Å²) in [4.78, 5) is 22.7. The van der Waals surface area contributed by atoms with E-state index in [0.717, 1.165) is 4.31 Å². The molecule has 1 amide bonds. The lowest BCUT2D eigenvalue weighted by atomic mass is 10.1. The van der Waals surface area contributed by atoms with E-state index >= 15 is 0 Å². The highest BCUT2D eigenvalue weighted by atomic mass is 32.2. The second kappa shape index (κ2) is 6.99. The third kappa shape index (κ3) is 4.01. The molecule has 0 saturated heterocycles. The molecule has 2 rings (SSSR count). The molecule has 0 atom stereocenters. The van der Waals surface area contributed by atoms with Crippen molar-refractivity contribution in [1.82, 2.24) is 4.31 Å². The first-order chi connectivity index (χ1) is 11.6. The lowest BCUT2D eigenvalue weighted by Crippen LogP contribution is -2.22. The van der Waals surface area contributed by atoms with Crippen LogP contribution in [-0.2, 0) is 10.0 Å². The van der Waals surface area contributed by atoms with Crippen molar-refractivity contribution >= 4 is 27.3 Å². The van der Waals surface area contributed by atoms with Crippen LogP contribution in [0.5, 0.6) is 0 Å². The maximum absolute atomic E-state index is 12.3. The van der Waals surface area contributed by atoms with Gasteiger partial charge in [0.05, 0.1) is 9.82 Å². The Hall–Kier alpha value is -2.78. The van der Waals surface area contributed by atoms with Crippen LogP contribution in [0.25, 0.3) is 0 Å². The minimum absolute atomic E-state index is 0.0511. The summed E-state index contributed by atoms with van der Waals surface area (Å²) in [5.41, 5.74) is 0.838. The molecule has 25 heavy (non-hydrogen) atoms. The number of nitrogens with one attached hydrogen (secondary N) is 1. The SMILES string of the molecule is Cc1cc(C(=O)Nc2cccc(S(=O)(=O)N(C)C)c2)ccc1[N+](=O)[O-]. The van der Waals surface area contributed by atoms with Crippen molar-refractivity contribution < 1.29 is 18.1 Å². The van der Waals surface area contributed by atoms with Crippen molar-refractivity contribution in [2.45, 2.75) is 11.8 Å². The molecule has 0 bridgehead atoms. The van der Waals surface area contributed by atoms with Crippen LogP contribution in [0.4, 0.5) is 11.4 Å². The van der Waals surface area contributed by atoms with Gasteiger partial charge in [-0.15, -0.1) is 0 Å². The van der Waals surface area contributed by atoms with Crippen molar-refractivity contribution in [2.24, 2.45) is 0 Å². The van der Waals surface area contributed by atoms with Gasteiger partial charge in [-0.25, -0.2) is 12.7 Å². The average Bonchev–Trinajstić information content (AvgIpc) is 2.54. The van der Waals surface area contributed by atoms with Crippen LogP contribution in [0, 0.1) is 17.0 Å². The minimum atomic E-state index is -3.61. The molecule has 0 aliphatic rings. The van der Waals surface area contributed by atoms with Gasteiger partial charge in [-0.1, -0.05) is 6.07 Å². The van der Waals surface area contributed by atoms with Gasteiger partial charge in [0.15, 0.2) is 0 Å². The standard InChI is InChI=1S/C16H17N3O5S/c1-11-9-12(7-8-15(11)19(21)22)16(20)17-13-5-4-6-14(10-13)25(23,24)18(2)3/h4-10H,1-3H3,(H,17,20). The average molecular weight is 363 g/mol. The second-order valence-corrected chi connectivity index (χ2v) is 7.68. The maximum atomic E-state index is 12.3. The highest BCUT2D eigenvalue weighted by molar-refractivity contribution is 7.89. The van der Waals surface area contributed by atoms with E-state index in [4.69, 9.17) is 0 Å². The Kier molecular flexibility index (Phi) is 5.19. The van der Waals surface area contributed by atoms with Gasteiger partial charge in [-0.05, 0) is 37.3 Å². The molecule has 0 aliphatic heterocycles. The normalized spacial score (nSPS) is 11.4. The zero-order valence-electron chi connectivity index (χ0n) is 13.9. The van der Waals surface area contributed by atoms with Crippen LogP contribution >= 0.6 is 0 Å². The van der Waals surface area contributed by atoms with E-state index in [9.17, 15) is 23.3 Å². The predicted molar refractivity (Wildman–Crippen MR) is 93.1 cm³/mol. The van der Waals surface area contributed by atoms with Gasteiger partial charge in [-0.2, -0.15) is 0 Å². The van der Waals surface area contributed by atoms with E-state index in [0.29, 0.717) is 11.3 Å². The Labute approximate surface area is 145 Å². The molecule has 2 aromatic carbocycles. The Balaban J connectivity index is 2.27. The fourth-order valence-corrected chi connectivity index (χ4v) is 3.10. The molecular formula is C16H17N3O5S. The van der Waals surface area contributed by atoms with E-state index in [1.54, 1.807) is 13.0 Å². The molecule has 132 valence electrons. The molecule has 0 aliphatic carbocycles. The number of nitrogens with zero attached hydrogens (tertiary/aromatic N) is 2. The number of nitro groups is 1. The van der Waals surface area contributed by atoms with Crippen LogP contribution in [0.1, 0.15) is 15.9 Å². The fraction of sp³-hybridized carbons (Fsp3) is 0.188. The summed E-state index contributed by atoms with van der Waals surface area (Å²) in [6.45, 7) is 1.54. The predicted octanol–water partition coefficient (Wildman–Crippen LogP) is 2.41. The number of amides is 1. The molecular weight excluding hydrogens is 346 g/mol. The summed E-state index contributed by atoms with van der Waals surface area (Å²) >= 11 is 0. The van der Waals surface area contributed by atoms with E-state index in [1.807, 2.05) is 0 Å². The molecule has 0 spiro atoms. The summed E-state index contributed by atoms with van der Waals surface area (Å²) in [7, 11) is -0.781.